The van der Waals surface area contributed by atoms with Crippen LogP contribution in [0.5, 0.6) is 0 Å². The summed E-state index contributed by atoms with van der Waals surface area (Å²) in [6.45, 7) is 2.13. The van der Waals surface area contributed by atoms with Crippen LogP contribution >= 0.6 is 0 Å². The van der Waals surface area contributed by atoms with Gasteiger partial charge in [0.1, 0.15) is 0 Å². The van der Waals surface area contributed by atoms with Crippen molar-refractivity contribution in [2.75, 3.05) is 5.75 Å². The number of benzene rings is 1. The van der Waals surface area contributed by atoms with Crippen molar-refractivity contribution in [3.05, 3.63) is 30.3 Å². The molecule has 114 valence electrons. The normalized spacial score (nSPS) is 13.3. The van der Waals surface area contributed by atoms with E-state index in [0.717, 1.165) is 25.7 Å². The van der Waals surface area contributed by atoms with Gasteiger partial charge >= 0.3 is 0 Å². The van der Waals surface area contributed by atoms with Gasteiger partial charge in [-0.15, -0.1) is 0 Å². The van der Waals surface area contributed by atoms with Crippen LogP contribution in [0.3, 0.4) is 0 Å². The SMILES string of the molecule is CCCCCCCCC(F)(F)CS(=O)c1ccccc1. The molecule has 0 saturated carbocycles. The Morgan fingerprint density at radius 1 is 1.00 bits per heavy atom. The summed E-state index contributed by atoms with van der Waals surface area (Å²) >= 11 is 0. The summed E-state index contributed by atoms with van der Waals surface area (Å²) in [4.78, 5) is 0.482. The highest BCUT2D eigenvalue weighted by atomic mass is 32.2. The first-order valence-electron chi connectivity index (χ1n) is 7.36. The lowest BCUT2D eigenvalue weighted by molar-refractivity contribution is 0.0148. The first-order chi connectivity index (χ1) is 9.55. The summed E-state index contributed by atoms with van der Waals surface area (Å²) in [5.41, 5.74) is 0. The highest BCUT2D eigenvalue weighted by Gasteiger charge is 2.31. The Morgan fingerprint density at radius 3 is 2.25 bits per heavy atom. The molecular formula is C16H24F2OS. The lowest BCUT2D eigenvalue weighted by atomic mass is 10.1. The number of hydrogen-bond acceptors (Lipinski definition) is 1. The molecule has 0 aliphatic carbocycles. The molecule has 1 unspecified atom stereocenters. The third-order valence-corrected chi connectivity index (χ3v) is 4.73. The lowest BCUT2D eigenvalue weighted by Gasteiger charge is -2.15. The minimum absolute atomic E-state index is 0.155. The molecule has 0 aromatic heterocycles. The highest BCUT2D eigenvalue weighted by molar-refractivity contribution is 7.85. The van der Waals surface area contributed by atoms with Crippen molar-refractivity contribution < 1.29 is 13.0 Å². The van der Waals surface area contributed by atoms with E-state index in [2.05, 4.69) is 6.92 Å². The van der Waals surface area contributed by atoms with Gasteiger partial charge in [-0.2, -0.15) is 0 Å². The molecule has 1 aromatic carbocycles. The minimum Gasteiger partial charge on any atom is -0.254 e. The topological polar surface area (TPSA) is 17.1 Å². The number of rotatable bonds is 10. The van der Waals surface area contributed by atoms with Gasteiger partial charge in [-0.3, -0.25) is 4.21 Å². The van der Waals surface area contributed by atoms with Crippen molar-refractivity contribution in [1.82, 2.24) is 0 Å². The van der Waals surface area contributed by atoms with Crippen LogP contribution in [0, 0.1) is 0 Å². The van der Waals surface area contributed by atoms with E-state index >= 15 is 0 Å². The van der Waals surface area contributed by atoms with E-state index in [1.165, 1.54) is 6.42 Å². The molecule has 0 heterocycles. The molecule has 1 aromatic rings. The zero-order valence-corrected chi connectivity index (χ0v) is 12.9. The molecule has 0 saturated heterocycles. The first-order valence-corrected chi connectivity index (χ1v) is 8.68. The van der Waals surface area contributed by atoms with Crippen molar-refractivity contribution in [2.45, 2.75) is 62.7 Å². The summed E-state index contributed by atoms with van der Waals surface area (Å²) in [5, 5.41) is 0. The van der Waals surface area contributed by atoms with Gasteiger partial charge < -0.3 is 0 Å². The van der Waals surface area contributed by atoms with E-state index in [-0.39, 0.29) is 6.42 Å². The molecule has 0 bridgehead atoms. The fourth-order valence-electron chi connectivity index (χ4n) is 2.08. The number of unbranched alkanes of at least 4 members (excludes halogenated alkanes) is 5. The molecule has 1 rings (SSSR count). The van der Waals surface area contributed by atoms with Gasteiger partial charge in [0, 0.05) is 11.3 Å². The van der Waals surface area contributed by atoms with Crippen LogP contribution in [0.15, 0.2) is 35.2 Å². The maximum atomic E-state index is 13.7. The Balaban J connectivity index is 2.28. The van der Waals surface area contributed by atoms with E-state index in [9.17, 15) is 13.0 Å². The standard InChI is InChI=1S/C16H24F2OS/c1-2-3-4-5-6-10-13-16(17,18)14-20(19)15-11-8-7-9-12-15/h7-9,11-12H,2-6,10,13-14H2,1H3. The van der Waals surface area contributed by atoms with Gasteiger partial charge in [0.15, 0.2) is 0 Å². The highest BCUT2D eigenvalue weighted by Crippen LogP contribution is 2.25. The third-order valence-electron chi connectivity index (χ3n) is 3.24. The molecule has 0 N–H and O–H groups in total. The van der Waals surface area contributed by atoms with Crippen molar-refractivity contribution in [2.24, 2.45) is 0 Å². The zero-order valence-electron chi connectivity index (χ0n) is 12.1. The molecule has 4 heteroatoms. The monoisotopic (exact) mass is 302 g/mol. The van der Waals surface area contributed by atoms with Crippen LogP contribution < -0.4 is 0 Å². The maximum Gasteiger partial charge on any atom is 0.259 e. The lowest BCUT2D eigenvalue weighted by Crippen LogP contribution is -2.24. The zero-order chi connectivity index (χ0) is 14.8. The molecule has 1 atom stereocenters. The van der Waals surface area contributed by atoms with Gasteiger partial charge in [0.05, 0.1) is 16.6 Å². The van der Waals surface area contributed by atoms with Crippen molar-refractivity contribution >= 4 is 10.8 Å². The van der Waals surface area contributed by atoms with Gasteiger partial charge in [0.2, 0.25) is 0 Å². The Morgan fingerprint density at radius 2 is 1.60 bits per heavy atom. The number of halogens is 2. The summed E-state index contributed by atoms with van der Waals surface area (Å²) in [6.07, 6.45) is 5.68. The van der Waals surface area contributed by atoms with Gasteiger partial charge in [-0.25, -0.2) is 8.78 Å². The van der Waals surface area contributed by atoms with E-state index in [1.54, 1.807) is 30.3 Å². The summed E-state index contributed by atoms with van der Waals surface area (Å²) in [5.74, 6) is -3.39. The Hall–Kier alpha value is -0.770. The van der Waals surface area contributed by atoms with Gasteiger partial charge in [-0.1, -0.05) is 57.2 Å². The Kier molecular flexibility index (Phi) is 7.97. The van der Waals surface area contributed by atoms with Crippen LogP contribution in [0.2, 0.25) is 0 Å². The number of hydrogen-bond donors (Lipinski definition) is 0. The van der Waals surface area contributed by atoms with Crippen molar-refractivity contribution in [3.63, 3.8) is 0 Å². The summed E-state index contributed by atoms with van der Waals surface area (Å²) in [7, 11) is -1.61. The predicted octanol–water partition coefficient (Wildman–Crippen LogP) is 5.18. The smallest absolute Gasteiger partial charge is 0.254 e. The van der Waals surface area contributed by atoms with Gasteiger partial charge in [-0.05, 0) is 18.6 Å². The van der Waals surface area contributed by atoms with Crippen LogP contribution in [-0.4, -0.2) is 15.9 Å². The summed E-state index contributed by atoms with van der Waals surface area (Å²) < 4.78 is 39.3. The quantitative estimate of drug-likeness (QED) is 0.544. The second kappa shape index (κ2) is 9.22. The summed E-state index contributed by atoms with van der Waals surface area (Å²) in [6, 6.07) is 8.50. The molecule has 0 radical (unpaired) electrons. The van der Waals surface area contributed by atoms with Crippen LogP contribution in [0.25, 0.3) is 0 Å². The van der Waals surface area contributed by atoms with E-state index in [1.807, 2.05) is 0 Å². The minimum atomic E-state index is -2.83. The molecule has 20 heavy (non-hydrogen) atoms. The van der Waals surface area contributed by atoms with Crippen LogP contribution in [-0.2, 0) is 10.8 Å². The molecule has 0 aliphatic rings. The molecular weight excluding hydrogens is 278 g/mol. The predicted molar refractivity (Wildman–Crippen MR) is 80.7 cm³/mol. The third kappa shape index (κ3) is 7.13. The largest absolute Gasteiger partial charge is 0.259 e. The number of alkyl halides is 2. The second-order valence-electron chi connectivity index (χ2n) is 5.18. The molecule has 1 nitrogen and oxygen atoms in total. The van der Waals surface area contributed by atoms with E-state index in [4.69, 9.17) is 0 Å². The second-order valence-corrected chi connectivity index (χ2v) is 6.63. The van der Waals surface area contributed by atoms with Crippen molar-refractivity contribution in [1.29, 1.82) is 0 Å². The fraction of sp³-hybridized carbons (Fsp3) is 0.625. The van der Waals surface area contributed by atoms with E-state index < -0.39 is 22.5 Å². The molecule has 0 amide bonds. The van der Waals surface area contributed by atoms with Gasteiger partial charge in [0.25, 0.3) is 5.92 Å². The average Bonchev–Trinajstić information content (AvgIpc) is 2.43. The molecule has 0 aliphatic heterocycles. The van der Waals surface area contributed by atoms with Crippen LogP contribution in [0.4, 0.5) is 8.78 Å². The Labute approximate surface area is 123 Å². The maximum absolute atomic E-state index is 13.7. The Bertz CT molecular complexity index is 393. The van der Waals surface area contributed by atoms with Crippen LogP contribution in [0.1, 0.15) is 51.9 Å². The first kappa shape index (κ1) is 17.3. The van der Waals surface area contributed by atoms with E-state index in [0.29, 0.717) is 11.3 Å². The fourth-order valence-corrected chi connectivity index (χ4v) is 3.24. The average molecular weight is 302 g/mol. The molecule has 0 spiro atoms. The van der Waals surface area contributed by atoms with Crippen molar-refractivity contribution in [3.8, 4) is 0 Å². The molecule has 0 fully saturated rings.